The topological polar surface area (TPSA) is 72.8 Å². The molecule has 7 atom stereocenters. The normalized spacial score (nSPS) is 41.1. The second-order valence-corrected chi connectivity index (χ2v) is 12.2. The molecule has 5 heteroatoms. The van der Waals surface area contributed by atoms with Crippen LogP contribution in [-0.4, -0.2) is 34.4 Å². The molecule has 0 aromatic heterocycles. The molecular formula is C30H38O5. The zero-order chi connectivity index (χ0) is 25.3. The Balaban J connectivity index is 1.45. The monoisotopic (exact) mass is 478 g/mol. The molecule has 0 aromatic rings. The summed E-state index contributed by atoms with van der Waals surface area (Å²) in [5.74, 6) is -0.230. The van der Waals surface area contributed by atoms with Gasteiger partial charge in [-0.2, -0.15) is 0 Å². The van der Waals surface area contributed by atoms with E-state index in [0.717, 1.165) is 30.4 Å². The van der Waals surface area contributed by atoms with Crippen LogP contribution in [-0.2, 0) is 19.1 Å². The molecule has 0 spiro atoms. The van der Waals surface area contributed by atoms with Crippen LogP contribution in [0, 0.1) is 29.1 Å². The van der Waals surface area contributed by atoms with Crippen LogP contribution in [0.15, 0.2) is 59.3 Å². The van der Waals surface area contributed by atoms with Crippen molar-refractivity contribution >= 4 is 11.9 Å². The lowest BCUT2D eigenvalue weighted by atomic mass is 9.61. The number of carbonyl (C=O) groups excluding carboxylic acids is 2. The van der Waals surface area contributed by atoms with Crippen LogP contribution in [0.4, 0.5) is 0 Å². The first-order valence-corrected chi connectivity index (χ1v) is 13.0. The van der Waals surface area contributed by atoms with E-state index in [1.165, 1.54) is 11.6 Å². The van der Waals surface area contributed by atoms with Crippen LogP contribution < -0.4 is 0 Å². The van der Waals surface area contributed by atoms with Gasteiger partial charge in [-0.1, -0.05) is 38.7 Å². The fraction of sp³-hybridized carbons (Fsp3) is 0.600. The SMILES string of the molecule is C=C1C(C(C)C2CC=C(C)C(=O)O2)=CC[C@]2(C)C1C[C@]1(O)C=C3C=CC(=O)OC(C)(C)C3CCC21. The number of aliphatic hydroxyl groups is 1. The highest BCUT2D eigenvalue weighted by atomic mass is 16.6. The third-order valence-corrected chi connectivity index (χ3v) is 9.74. The lowest BCUT2D eigenvalue weighted by molar-refractivity contribution is -0.153. The van der Waals surface area contributed by atoms with Crippen molar-refractivity contribution in [3.8, 4) is 0 Å². The van der Waals surface area contributed by atoms with Crippen molar-refractivity contribution in [1.82, 2.24) is 0 Å². The minimum Gasteiger partial charge on any atom is -0.458 e. The molecule has 3 aliphatic carbocycles. The van der Waals surface area contributed by atoms with Gasteiger partial charge >= 0.3 is 11.9 Å². The standard InChI is InChI=1S/C30H38O5/c1-17-7-10-24(34-27(17)32)19(3)21-13-14-29(6)23(18(21)2)16-30(33)15-20-8-12-26(31)35-28(4,5)22(20)9-11-25(29)30/h7-8,12-13,15,19,22-25,33H,2,9-11,14,16H2,1,3-6H3/t19?,22?,23?,24?,25?,29-,30-/m1/s1. The van der Waals surface area contributed by atoms with Gasteiger partial charge in [0, 0.05) is 29.9 Å². The average molecular weight is 479 g/mol. The van der Waals surface area contributed by atoms with E-state index in [-0.39, 0.29) is 47.1 Å². The Morgan fingerprint density at radius 2 is 1.86 bits per heavy atom. The van der Waals surface area contributed by atoms with E-state index in [9.17, 15) is 14.7 Å². The van der Waals surface area contributed by atoms with Gasteiger partial charge in [0.05, 0.1) is 5.60 Å². The zero-order valence-electron chi connectivity index (χ0n) is 21.6. The smallest absolute Gasteiger partial charge is 0.333 e. The van der Waals surface area contributed by atoms with Gasteiger partial charge in [-0.05, 0) is 86.5 Å². The van der Waals surface area contributed by atoms with E-state index in [0.29, 0.717) is 18.4 Å². The summed E-state index contributed by atoms with van der Waals surface area (Å²) in [6.45, 7) is 14.7. The summed E-state index contributed by atoms with van der Waals surface area (Å²) in [5.41, 5.74) is 2.20. The van der Waals surface area contributed by atoms with Gasteiger partial charge in [-0.3, -0.25) is 0 Å². The molecule has 188 valence electrons. The summed E-state index contributed by atoms with van der Waals surface area (Å²) in [5, 5.41) is 12.1. The summed E-state index contributed by atoms with van der Waals surface area (Å²) in [6.07, 6.45) is 13.3. The third kappa shape index (κ3) is 3.78. The van der Waals surface area contributed by atoms with E-state index in [1.807, 2.05) is 32.1 Å². The summed E-state index contributed by atoms with van der Waals surface area (Å²) in [6, 6.07) is 0. The number of hydrogen-bond acceptors (Lipinski definition) is 5. The molecule has 1 saturated carbocycles. The van der Waals surface area contributed by atoms with Gasteiger partial charge in [0.2, 0.25) is 0 Å². The molecule has 0 aromatic carbocycles. The van der Waals surface area contributed by atoms with Gasteiger partial charge in [0.15, 0.2) is 0 Å². The van der Waals surface area contributed by atoms with Gasteiger partial charge in [-0.15, -0.1) is 0 Å². The van der Waals surface area contributed by atoms with E-state index < -0.39 is 11.2 Å². The van der Waals surface area contributed by atoms with E-state index >= 15 is 0 Å². The number of rotatable bonds is 2. The van der Waals surface area contributed by atoms with Crippen molar-refractivity contribution in [1.29, 1.82) is 0 Å². The van der Waals surface area contributed by atoms with Gasteiger partial charge < -0.3 is 14.6 Å². The first kappa shape index (κ1) is 24.3. The van der Waals surface area contributed by atoms with Crippen LogP contribution in [0.5, 0.6) is 0 Å². The number of ether oxygens (including phenoxy) is 2. The van der Waals surface area contributed by atoms with Crippen molar-refractivity contribution in [3.63, 3.8) is 0 Å². The van der Waals surface area contributed by atoms with Gasteiger partial charge in [0.25, 0.3) is 0 Å². The minimum atomic E-state index is -0.968. The maximum Gasteiger partial charge on any atom is 0.333 e. The number of esters is 2. The zero-order valence-corrected chi connectivity index (χ0v) is 21.6. The van der Waals surface area contributed by atoms with Gasteiger partial charge in [0.1, 0.15) is 11.7 Å². The highest BCUT2D eigenvalue weighted by molar-refractivity contribution is 5.88. The maximum atomic E-state index is 12.2. The number of allylic oxidation sites excluding steroid dienone is 3. The molecule has 1 N–H and O–H groups in total. The van der Waals surface area contributed by atoms with E-state index in [2.05, 4.69) is 26.5 Å². The van der Waals surface area contributed by atoms with Crippen LogP contribution in [0.2, 0.25) is 0 Å². The van der Waals surface area contributed by atoms with Crippen molar-refractivity contribution in [2.45, 2.75) is 84.0 Å². The molecule has 35 heavy (non-hydrogen) atoms. The first-order chi connectivity index (χ1) is 16.4. The first-order valence-electron chi connectivity index (χ1n) is 13.0. The Hall–Kier alpha value is -2.40. The van der Waals surface area contributed by atoms with Crippen LogP contribution in [0.25, 0.3) is 0 Å². The summed E-state index contributed by atoms with van der Waals surface area (Å²) in [7, 11) is 0. The average Bonchev–Trinajstić information content (AvgIpc) is 2.86. The summed E-state index contributed by atoms with van der Waals surface area (Å²) < 4.78 is 11.5. The Bertz CT molecular complexity index is 1100. The Labute approximate surface area is 208 Å². The molecule has 5 nitrogen and oxygen atoms in total. The summed E-state index contributed by atoms with van der Waals surface area (Å²) in [4.78, 5) is 24.3. The fourth-order valence-corrected chi connectivity index (χ4v) is 7.69. The molecule has 2 heterocycles. The Morgan fingerprint density at radius 3 is 2.57 bits per heavy atom. The number of cyclic esters (lactones) is 2. The molecule has 0 bridgehead atoms. The molecule has 0 saturated heterocycles. The summed E-state index contributed by atoms with van der Waals surface area (Å²) >= 11 is 0. The fourth-order valence-electron chi connectivity index (χ4n) is 7.69. The molecule has 1 fully saturated rings. The number of carbonyl (C=O) groups is 2. The molecule has 2 aliphatic heterocycles. The Morgan fingerprint density at radius 1 is 1.11 bits per heavy atom. The largest absolute Gasteiger partial charge is 0.458 e. The molecule has 5 rings (SSSR count). The molecule has 5 aliphatic rings. The highest BCUT2D eigenvalue weighted by Crippen LogP contribution is 2.64. The predicted molar refractivity (Wildman–Crippen MR) is 134 cm³/mol. The second-order valence-electron chi connectivity index (χ2n) is 12.2. The van der Waals surface area contributed by atoms with E-state index in [1.54, 1.807) is 6.92 Å². The van der Waals surface area contributed by atoms with Crippen LogP contribution in [0.1, 0.15) is 66.7 Å². The molecule has 0 amide bonds. The van der Waals surface area contributed by atoms with E-state index in [4.69, 9.17) is 9.47 Å². The molecular weight excluding hydrogens is 440 g/mol. The van der Waals surface area contributed by atoms with Crippen molar-refractivity contribution in [2.75, 3.05) is 0 Å². The quantitative estimate of drug-likeness (QED) is 0.540. The third-order valence-electron chi connectivity index (χ3n) is 9.74. The maximum absolute atomic E-state index is 12.2. The Kier molecular flexibility index (Phi) is 5.59. The van der Waals surface area contributed by atoms with Crippen molar-refractivity contribution in [3.05, 3.63) is 59.3 Å². The lowest BCUT2D eigenvalue weighted by Gasteiger charge is -2.44. The lowest BCUT2D eigenvalue weighted by Crippen LogP contribution is -2.40. The van der Waals surface area contributed by atoms with Crippen LogP contribution >= 0.6 is 0 Å². The van der Waals surface area contributed by atoms with Crippen molar-refractivity contribution < 1.29 is 24.2 Å². The van der Waals surface area contributed by atoms with Crippen LogP contribution in [0.3, 0.4) is 0 Å². The molecule has 0 radical (unpaired) electrons. The molecule has 5 unspecified atom stereocenters. The van der Waals surface area contributed by atoms with Gasteiger partial charge in [-0.25, -0.2) is 9.59 Å². The predicted octanol–water partition coefficient (Wildman–Crippen LogP) is 5.37. The highest BCUT2D eigenvalue weighted by Gasteiger charge is 2.61. The van der Waals surface area contributed by atoms with Crippen molar-refractivity contribution in [2.24, 2.45) is 29.1 Å². The second kappa shape index (κ2) is 8.06. The minimum absolute atomic E-state index is 0.0527. The number of hydrogen-bond donors (Lipinski definition) is 1. The number of fused-ring (bicyclic) bond motifs is 4.